The van der Waals surface area contributed by atoms with Crippen molar-refractivity contribution in [1.29, 1.82) is 0 Å². The van der Waals surface area contributed by atoms with Crippen molar-refractivity contribution in [3.8, 4) is 11.3 Å². The van der Waals surface area contributed by atoms with Crippen LogP contribution >= 0.6 is 11.3 Å². The maximum Gasteiger partial charge on any atom is 0.214 e. The third-order valence-corrected chi connectivity index (χ3v) is 8.23. The molecule has 4 heterocycles. The number of nitrogens with zero attached hydrogens (tertiary/aromatic N) is 6. The molecule has 0 bridgehead atoms. The summed E-state index contributed by atoms with van der Waals surface area (Å²) in [6.07, 6.45) is 2.70. The van der Waals surface area contributed by atoms with E-state index in [2.05, 4.69) is 66.8 Å². The van der Waals surface area contributed by atoms with Gasteiger partial charge in [-0.25, -0.2) is 9.50 Å². The summed E-state index contributed by atoms with van der Waals surface area (Å²) in [6, 6.07) is 8.83. The van der Waals surface area contributed by atoms with Crippen LogP contribution in [0, 0.1) is 12.8 Å². The lowest BCUT2D eigenvalue weighted by Gasteiger charge is -2.38. The summed E-state index contributed by atoms with van der Waals surface area (Å²) in [5, 5.41) is 6.06. The van der Waals surface area contributed by atoms with Crippen molar-refractivity contribution in [1.82, 2.24) is 24.4 Å². The van der Waals surface area contributed by atoms with Crippen molar-refractivity contribution < 1.29 is 0 Å². The van der Waals surface area contributed by atoms with Gasteiger partial charge in [0.15, 0.2) is 0 Å². The fraction of sp³-hybridized carbons (Fsp3) is 0.600. The fourth-order valence-corrected chi connectivity index (χ4v) is 6.00. The van der Waals surface area contributed by atoms with E-state index in [9.17, 15) is 0 Å². The molecule has 0 saturated carbocycles. The van der Waals surface area contributed by atoms with Gasteiger partial charge in [-0.15, -0.1) is 5.10 Å². The molecule has 5 rings (SSSR count). The molecule has 7 heteroatoms. The molecule has 32 heavy (non-hydrogen) atoms. The van der Waals surface area contributed by atoms with Crippen LogP contribution in [0.25, 0.3) is 16.2 Å². The SMILES string of the molecule is Cc1c(-c2ccc(C(C)C)cc2)nc2sc(N3CCN(CC4CCN(C)CC4)CC3)nn12. The smallest absolute Gasteiger partial charge is 0.214 e. The second kappa shape index (κ2) is 9.12. The molecule has 0 aliphatic carbocycles. The number of benzene rings is 1. The van der Waals surface area contributed by atoms with Crippen LogP contribution in [-0.2, 0) is 0 Å². The highest BCUT2D eigenvalue weighted by atomic mass is 32.1. The Balaban J connectivity index is 1.23. The zero-order chi connectivity index (χ0) is 22.2. The molecule has 3 aromatic rings. The number of aromatic nitrogens is 3. The molecule has 0 atom stereocenters. The molecule has 2 saturated heterocycles. The van der Waals surface area contributed by atoms with Gasteiger partial charge in [0, 0.05) is 38.3 Å². The lowest BCUT2D eigenvalue weighted by atomic mass is 9.96. The predicted molar refractivity (Wildman–Crippen MR) is 134 cm³/mol. The Bertz CT molecular complexity index is 1040. The van der Waals surface area contributed by atoms with E-state index in [1.54, 1.807) is 11.3 Å². The minimum Gasteiger partial charge on any atom is -0.344 e. The second-order valence-electron chi connectivity index (χ2n) is 9.94. The van der Waals surface area contributed by atoms with Gasteiger partial charge in [-0.3, -0.25) is 4.90 Å². The lowest BCUT2D eigenvalue weighted by molar-refractivity contribution is 0.155. The fourth-order valence-electron chi connectivity index (χ4n) is 5.00. The summed E-state index contributed by atoms with van der Waals surface area (Å²) in [6.45, 7) is 14.8. The molecule has 2 aliphatic heterocycles. The number of fused-ring (bicyclic) bond motifs is 1. The van der Waals surface area contributed by atoms with Gasteiger partial charge in [0.1, 0.15) is 0 Å². The van der Waals surface area contributed by atoms with E-state index < -0.39 is 0 Å². The average molecular weight is 453 g/mol. The van der Waals surface area contributed by atoms with Crippen LogP contribution in [0.15, 0.2) is 24.3 Å². The van der Waals surface area contributed by atoms with Gasteiger partial charge in [0.25, 0.3) is 0 Å². The molecule has 1 aromatic carbocycles. The molecular weight excluding hydrogens is 416 g/mol. The minimum atomic E-state index is 0.546. The van der Waals surface area contributed by atoms with Crippen LogP contribution in [0.3, 0.4) is 0 Å². The first-order valence-corrected chi connectivity index (χ1v) is 12.9. The molecule has 0 unspecified atom stereocenters. The lowest BCUT2D eigenvalue weighted by Crippen LogP contribution is -2.48. The summed E-state index contributed by atoms with van der Waals surface area (Å²) in [7, 11) is 2.24. The molecule has 0 radical (unpaired) electrons. The van der Waals surface area contributed by atoms with Gasteiger partial charge < -0.3 is 9.80 Å². The molecule has 0 spiro atoms. The maximum atomic E-state index is 4.95. The van der Waals surface area contributed by atoms with Crippen molar-refractivity contribution in [2.24, 2.45) is 5.92 Å². The van der Waals surface area contributed by atoms with Gasteiger partial charge in [-0.2, -0.15) is 0 Å². The first kappa shape index (κ1) is 21.9. The van der Waals surface area contributed by atoms with Crippen LogP contribution in [0.5, 0.6) is 0 Å². The summed E-state index contributed by atoms with van der Waals surface area (Å²) in [4.78, 5) is 13.5. The van der Waals surface area contributed by atoms with E-state index in [-0.39, 0.29) is 0 Å². The molecule has 2 aromatic heterocycles. The number of rotatable bonds is 5. The molecule has 2 aliphatic rings. The number of aryl methyl sites for hydroxylation is 1. The Morgan fingerprint density at radius 1 is 1.00 bits per heavy atom. The number of piperidine rings is 1. The largest absolute Gasteiger partial charge is 0.344 e. The van der Waals surface area contributed by atoms with E-state index >= 15 is 0 Å². The Hall–Kier alpha value is -1.96. The first-order chi connectivity index (χ1) is 15.5. The van der Waals surface area contributed by atoms with Gasteiger partial charge >= 0.3 is 0 Å². The zero-order valence-corrected chi connectivity index (χ0v) is 20.7. The van der Waals surface area contributed by atoms with Gasteiger partial charge in [-0.1, -0.05) is 49.4 Å². The molecule has 0 amide bonds. The van der Waals surface area contributed by atoms with Crippen molar-refractivity contribution in [2.75, 3.05) is 57.8 Å². The number of likely N-dealkylation sites (tertiary alicyclic amines) is 1. The van der Waals surface area contributed by atoms with Crippen LogP contribution < -0.4 is 4.90 Å². The van der Waals surface area contributed by atoms with Crippen LogP contribution in [-0.4, -0.2) is 77.3 Å². The number of imidazole rings is 1. The maximum absolute atomic E-state index is 4.95. The van der Waals surface area contributed by atoms with E-state index in [0.29, 0.717) is 5.92 Å². The highest BCUT2D eigenvalue weighted by Gasteiger charge is 2.25. The molecular formula is C25H36N6S. The minimum absolute atomic E-state index is 0.546. The number of piperazine rings is 1. The van der Waals surface area contributed by atoms with Crippen molar-refractivity contribution in [2.45, 2.75) is 39.5 Å². The Morgan fingerprint density at radius 3 is 2.31 bits per heavy atom. The standard InChI is InChI=1S/C25H36N6S/c1-18(2)21-5-7-22(8-6-21)23-19(3)31-24(26-23)32-25(27-31)30-15-13-29(14-16-30)17-20-9-11-28(4)12-10-20/h5-8,18,20H,9-17H2,1-4H3. The van der Waals surface area contributed by atoms with E-state index in [1.165, 1.54) is 43.6 Å². The average Bonchev–Trinajstić information content (AvgIpc) is 3.35. The highest BCUT2D eigenvalue weighted by molar-refractivity contribution is 7.20. The number of anilines is 1. The molecule has 2 fully saturated rings. The normalized spacial score (nSPS) is 19.5. The Morgan fingerprint density at radius 2 is 1.69 bits per heavy atom. The van der Waals surface area contributed by atoms with Crippen LogP contribution in [0.2, 0.25) is 0 Å². The zero-order valence-electron chi connectivity index (χ0n) is 19.9. The Labute approximate surface area is 195 Å². The van der Waals surface area contributed by atoms with Crippen molar-refractivity contribution >= 4 is 21.4 Å². The number of hydrogen-bond acceptors (Lipinski definition) is 6. The van der Waals surface area contributed by atoms with Gasteiger partial charge in [0.05, 0.1) is 11.4 Å². The summed E-state index contributed by atoms with van der Waals surface area (Å²) in [5.74, 6) is 1.42. The predicted octanol–water partition coefficient (Wildman–Crippen LogP) is 4.35. The number of hydrogen-bond donors (Lipinski definition) is 0. The monoisotopic (exact) mass is 452 g/mol. The third kappa shape index (κ3) is 4.43. The summed E-state index contributed by atoms with van der Waals surface area (Å²) in [5.41, 5.74) is 4.71. The quantitative estimate of drug-likeness (QED) is 0.575. The highest BCUT2D eigenvalue weighted by Crippen LogP contribution is 2.31. The van der Waals surface area contributed by atoms with Crippen molar-refractivity contribution in [3.63, 3.8) is 0 Å². The Kier molecular flexibility index (Phi) is 6.23. The summed E-state index contributed by atoms with van der Waals surface area (Å²) >= 11 is 1.72. The van der Waals surface area contributed by atoms with Crippen molar-refractivity contribution in [3.05, 3.63) is 35.5 Å². The van der Waals surface area contributed by atoms with Crippen LogP contribution in [0.4, 0.5) is 5.13 Å². The molecule has 0 N–H and O–H groups in total. The van der Waals surface area contributed by atoms with Gasteiger partial charge in [0.2, 0.25) is 10.1 Å². The third-order valence-electron chi connectivity index (χ3n) is 7.27. The first-order valence-electron chi connectivity index (χ1n) is 12.1. The summed E-state index contributed by atoms with van der Waals surface area (Å²) < 4.78 is 2.04. The molecule has 172 valence electrons. The van der Waals surface area contributed by atoms with E-state index in [1.807, 2.05) is 4.52 Å². The molecule has 6 nitrogen and oxygen atoms in total. The van der Waals surface area contributed by atoms with E-state index in [0.717, 1.165) is 53.6 Å². The van der Waals surface area contributed by atoms with Crippen LogP contribution in [0.1, 0.15) is 43.9 Å². The van der Waals surface area contributed by atoms with Gasteiger partial charge in [-0.05, 0) is 57.3 Å². The second-order valence-corrected chi connectivity index (χ2v) is 10.9. The topological polar surface area (TPSA) is 39.9 Å². The van der Waals surface area contributed by atoms with E-state index in [4.69, 9.17) is 10.1 Å².